The van der Waals surface area contributed by atoms with Crippen LogP contribution in [0.1, 0.15) is 61.7 Å². The van der Waals surface area contributed by atoms with Crippen molar-refractivity contribution in [2.45, 2.75) is 57.5 Å². The fourth-order valence-electron chi connectivity index (χ4n) is 4.59. The Balaban J connectivity index is 1.60. The summed E-state index contributed by atoms with van der Waals surface area (Å²) in [5.41, 5.74) is 9.15. The van der Waals surface area contributed by atoms with Crippen LogP contribution in [-0.2, 0) is 4.79 Å². The van der Waals surface area contributed by atoms with Gasteiger partial charge in [-0.05, 0) is 43.0 Å². The quantitative estimate of drug-likeness (QED) is 0.544. The van der Waals surface area contributed by atoms with Gasteiger partial charge >= 0.3 is 6.03 Å². The number of aryl methyl sites for hydroxylation is 1. The van der Waals surface area contributed by atoms with E-state index in [9.17, 15) is 9.59 Å². The highest BCUT2D eigenvalue weighted by Gasteiger charge is 2.24. The fourth-order valence-corrected chi connectivity index (χ4v) is 4.59. The Kier molecular flexibility index (Phi) is 6.21. The number of hydrogen-bond acceptors (Lipinski definition) is 3. The Bertz CT molecular complexity index is 1080. The molecule has 4 rings (SSSR count). The molecule has 1 unspecified atom stereocenters. The van der Waals surface area contributed by atoms with E-state index in [4.69, 9.17) is 10.7 Å². The summed E-state index contributed by atoms with van der Waals surface area (Å²) in [5, 5.41) is 5.72. The SMILES string of the molecule is Cc1ccccc1C(CC(=O)Nc1nc2ccccc2n1C1CCCCC1)NC(N)=O. The standard InChI is InChI=1S/C24H29N5O2/c1-16-9-5-6-12-18(16)20(26-23(25)31)15-22(30)28-24-27-19-13-7-8-14-21(19)29(24)17-10-3-2-4-11-17/h5-9,12-14,17,20H,2-4,10-11,15H2,1H3,(H3,25,26,31)(H,27,28,30). The van der Waals surface area contributed by atoms with Gasteiger partial charge in [0.2, 0.25) is 11.9 Å². The van der Waals surface area contributed by atoms with Gasteiger partial charge in [0.25, 0.3) is 0 Å². The van der Waals surface area contributed by atoms with Crippen LogP contribution in [0.5, 0.6) is 0 Å². The molecule has 1 aliphatic carbocycles. The van der Waals surface area contributed by atoms with E-state index in [0.717, 1.165) is 35.0 Å². The molecule has 7 nitrogen and oxygen atoms in total. The van der Waals surface area contributed by atoms with Gasteiger partial charge in [-0.3, -0.25) is 10.1 Å². The first kappa shape index (κ1) is 20.9. The summed E-state index contributed by atoms with van der Waals surface area (Å²) in [6, 6.07) is 14.8. The molecule has 7 heteroatoms. The number of para-hydroxylation sites is 2. The first-order valence-electron chi connectivity index (χ1n) is 10.9. The van der Waals surface area contributed by atoms with Gasteiger partial charge in [-0.1, -0.05) is 55.7 Å². The third-order valence-electron chi connectivity index (χ3n) is 6.06. The predicted molar refractivity (Wildman–Crippen MR) is 122 cm³/mol. The molecule has 0 spiro atoms. The number of nitrogens with zero attached hydrogens (tertiary/aromatic N) is 2. The van der Waals surface area contributed by atoms with Crippen LogP contribution < -0.4 is 16.4 Å². The summed E-state index contributed by atoms with van der Waals surface area (Å²) in [6.07, 6.45) is 5.85. The number of carbonyl (C=O) groups excluding carboxylic acids is 2. The van der Waals surface area contributed by atoms with Crippen LogP contribution in [0, 0.1) is 6.92 Å². The van der Waals surface area contributed by atoms with Gasteiger partial charge < -0.3 is 15.6 Å². The predicted octanol–water partition coefficient (Wildman–Crippen LogP) is 4.59. The smallest absolute Gasteiger partial charge is 0.312 e. The molecule has 0 saturated heterocycles. The number of aromatic nitrogens is 2. The lowest BCUT2D eigenvalue weighted by atomic mass is 9.95. The zero-order valence-corrected chi connectivity index (χ0v) is 17.8. The van der Waals surface area contributed by atoms with Gasteiger partial charge in [0.1, 0.15) is 0 Å². The lowest BCUT2D eigenvalue weighted by molar-refractivity contribution is -0.116. The number of carbonyl (C=O) groups is 2. The minimum atomic E-state index is -0.657. The third kappa shape index (κ3) is 4.71. The normalized spacial score (nSPS) is 15.5. The van der Waals surface area contributed by atoms with E-state index in [1.54, 1.807) is 0 Å². The summed E-state index contributed by atoms with van der Waals surface area (Å²) < 4.78 is 2.18. The first-order valence-corrected chi connectivity index (χ1v) is 10.9. The van der Waals surface area contributed by atoms with Crippen LogP contribution in [0.15, 0.2) is 48.5 Å². The molecule has 0 bridgehead atoms. The van der Waals surface area contributed by atoms with E-state index in [2.05, 4.69) is 21.3 Å². The van der Waals surface area contributed by atoms with Gasteiger partial charge in [0, 0.05) is 6.04 Å². The number of nitrogens with one attached hydrogen (secondary N) is 2. The molecule has 0 radical (unpaired) electrons. The summed E-state index contributed by atoms with van der Waals surface area (Å²) >= 11 is 0. The minimum Gasteiger partial charge on any atom is -0.352 e. The average molecular weight is 420 g/mol. The Labute approximate surface area is 182 Å². The molecule has 1 aromatic heterocycles. The maximum absolute atomic E-state index is 13.0. The molecular weight excluding hydrogens is 390 g/mol. The van der Waals surface area contributed by atoms with Crippen molar-refractivity contribution in [1.82, 2.24) is 14.9 Å². The number of primary amides is 1. The zero-order chi connectivity index (χ0) is 21.8. The van der Waals surface area contributed by atoms with Crippen molar-refractivity contribution in [3.8, 4) is 0 Å². The summed E-state index contributed by atoms with van der Waals surface area (Å²) in [5.74, 6) is 0.357. The maximum Gasteiger partial charge on any atom is 0.312 e. The second kappa shape index (κ2) is 9.20. The van der Waals surface area contributed by atoms with E-state index in [1.807, 2.05) is 49.4 Å². The molecule has 1 atom stereocenters. The van der Waals surface area contributed by atoms with Crippen molar-refractivity contribution in [2.75, 3.05) is 5.32 Å². The Morgan fingerprint density at radius 1 is 1.10 bits per heavy atom. The van der Waals surface area contributed by atoms with Gasteiger partial charge in [0.15, 0.2) is 0 Å². The van der Waals surface area contributed by atoms with Gasteiger partial charge in [0.05, 0.1) is 23.5 Å². The van der Waals surface area contributed by atoms with Crippen molar-refractivity contribution in [1.29, 1.82) is 0 Å². The number of fused-ring (bicyclic) bond motifs is 1. The number of nitrogens with two attached hydrogens (primary N) is 1. The van der Waals surface area contributed by atoms with Crippen molar-refractivity contribution in [3.05, 3.63) is 59.7 Å². The molecule has 0 aliphatic heterocycles. The van der Waals surface area contributed by atoms with Crippen LogP contribution >= 0.6 is 0 Å². The molecule has 162 valence electrons. The van der Waals surface area contributed by atoms with Crippen LogP contribution in [0.2, 0.25) is 0 Å². The van der Waals surface area contributed by atoms with Crippen LogP contribution in [-0.4, -0.2) is 21.5 Å². The average Bonchev–Trinajstić information content (AvgIpc) is 3.11. The number of imidazole rings is 1. The van der Waals surface area contributed by atoms with E-state index in [-0.39, 0.29) is 12.3 Å². The molecule has 1 aliphatic rings. The molecular formula is C24H29N5O2. The number of benzene rings is 2. The van der Waals surface area contributed by atoms with Crippen LogP contribution in [0.3, 0.4) is 0 Å². The lowest BCUT2D eigenvalue weighted by Gasteiger charge is -2.26. The second-order valence-electron chi connectivity index (χ2n) is 8.26. The van der Waals surface area contributed by atoms with Gasteiger partial charge in [-0.15, -0.1) is 0 Å². The number of amides is 3. The highest BCUT2D eigenvalue weighted by molar-refractivity contribution is 5.92. The van der Waals surface area contributed by atoms with Gasteiger partial charge in [-0.25, -0.2) is 9.78 Å². The zero-order valence-electron chi connectivity index (χ0n) is 17.8. The second-order valence-corrected chi connectivity index (χ2v) is 8.26. The Morgan fingerprint density at radius 2 is 1.81 bits per heavy atom. The van der Waals surface area contributed by atoms with Crippen molar-refractivity contribution in [3.63, 3.8) is 0 Å². The van der Waals surface area contributed by atoms with E-state index >= 15 is 0 Å². The van der Waals surface area contributed by atoms with Crippen LogP contribution in [0.25, 0.3) is 11.0 Å². The van der Waals surface area contributed by atoms with Crippen molar-refractivity contribution in [2.24, 2.45) is 5.73 Å². The number of hydrogen-bond donors (Lipinski definition) is 3. The van der Waals surface area contributed by atoms with Gasteiger partial charge in [-0.2, -0.15) is 0 Å². The summed E-state index contributed by atoms with van der Waals surface area (Å²) in [6.45, 7) is 1.95. The number of urea groups is 1. The van der Waals surface area contributed by atoms with Crippen molar-refractivity contribution >= 4 is 28.9 Å². The Hall–Kier alpha value is -3.35. The fraction of sp³-hybridized carbons (Fsp3) is 0.375. The highest BCUT2D eigenvalue weighted by atomic mass is 16.2. The van der Waals surface area contributed by atoms with Crippen molar-refractivity contribution < 1.29 is 9.59 Å². The topological polar surface area (TPSA) is 102 Å². The number of anilines is 1. The van der Waals surface area contributed by atoms with E-state index in [1.165, 1.54) is 19.3 Å². The lowest BCUT2D eigenvalue weighted by Crippen LogP contribution is -2.35. The molecule has 4 N–H and O–H groups in total. The summed E-state index contributed by atoms with van der Waals surface area (Å²) in [7, 11) is 0. The minimum absolute atomic E-state index is 0.0711. The van der Waals surface area contributed by atoms with E-state index in [0.29, 0.717) is 12.0 Å². The molecule has 31 heavy (non-hydrogen) atoms. The summed E-state index contributed by atoms with van der Waals surface area (Å²) in [4.78, 5) is 29.3. The molecule has 1 saturated carbocycles. The molecule has 3 amide bonds. The maximum atomic E-state index is 13.0. The first-order chi connectivity index (χ1) is 15.0. The Morgan fingerprint density at radius 3 is 2.55 bits per heavy atom. The molecule has 3 aromatic rings. The van der Waals surface area contributed by atoms with Crippen LogP contribution in [0.4, 0.5) is 10.7 Å². The third-order valence-corrected chi connectivity index (χ3v) is 6.06. The molecule has 2 aromatic carbocycles. The number of rotatable bonds is 6. The highest BCUT2D eigenvalue weighted by Crippen LogP contribution is 2.34. The molecule has 1 fully saturated rings. The van der Waals surface area contributed by atoms with E-state index < -0.39 is 12.1 Å². The monoisotopic (exact) mass is 419 g/mol. The molecule has 1 heterocycles. The largest absolute Gasteiger partial charge is 0.352 e.